The summed E-state index contributed by atoms with van der Waals surface area (Å²) in [6.07, 6.45) is 3.17. The van der Waals surface area contributed by atoms with Crippen molar-refractivity contribution in [1.29, 1.82) is 0 Å². The van der Waals surface area contributed by atoms with Crippen LogP contribution in [-0.4, -0.2) is 59.9 Å². The van der Waals surface area contributed by atoms with E-state index in [0.717, 1.165) is 16.6 Å². The van der Waals surface area contributed by atoms with Gasteiger partial charge in [0.2, 0.25) is 5.91 Å². The standard InChI is InChI=1S/C24H26ClN3O3/c1-31-24(30)23(17-6-9-19(25)10-7-17)28-14-12-27(13-15-28)22(29)11-8-18-16-26-21-5-3-2-4-20(18)21/h2-7,9-10,16,23,26H,8,11-15H2,1H3/t23-/m0/s1. The first-order valence-electron chi connectivity index (χ1n) is 10.5. The van der Waals surface area contributed by atoms with E-state index in [9.17, 15) is 9.59 Å². The number of fused-ring (bicyclic) bond motifs is 1. The highest BCUT2D eigenvalue weighted by molar-refractivity contribution is 6.30. The quantitative estimate of drug-likeness (QED) is 0.593. The smallest absolute Gasteiger partial charge is 0.327 e. The summed E-state index contributed by atoms with van der Waals surface area (Å²) >= 11 is 5.99. The monoisotopic (exact) mass is 439 g/mol. The SMILES string of the molecule is COC(=O)[C@H](c1ccc(Cl)cc1)N1CCN(C(=O)CCc2c[nH]c3ccccc23)CC1. The van der Waals surface area contributed by atoms with E-state index < -0.39 is 6.04 Å². The minimum absolute atomic E-state index is 0.144. The number of H-pyrrole nitrogens is 1. The lowest BCUT2D eigenvalue weighted by Gasteiger charge is -2.38. The first-order chi connectivity index (χ1) is 15.1. The van der Waals surface area contributed by atoms with Crippen molar-refractivity contribution in [3.05, 3.63) is 70.9 Å². The Balaban J connectivity index is 1.36. The summed E-state index contributed by atoms with van der Waals surface area (Å²) in [7, 11) is 1.40. The van der Waals surface area contributed by atoms with Crippen LogP contribution in [0.1, 0.15) is 23.6 Å². The van der Waals surface area contributed by atoms with Crippen molar-refractivity contribution < 1.29 is 14.3 Å². The molecule has 1 aliphatic rings. The number of carbonyl (C=O) groups is 2. The van der Waals surface area contributed by atoms with Crippen LogP contribution < -0.4 is 0 Å². The number of piperazine rings is 1. The van der Waals surface area contributed by atoms with Gasteiger partial charge in [0.25, 0.3) is 0 Å². The number of carbonyl (C=O) groups excluding carboxylic acids is 2. The van der Waals surface area contributed by atoms with Crippen molar-refractivity contribution in [2.75, 3.05) is 33.3 Å². The first kappa shape index (κ1) is 21.4. The van der Waals surface area contributed by atoms with E-state index in [1.54, 1.807) is 12.1 Å². The molecule has 7 heteroatoms. The molecule has 1 fully saturated rings. The fraction of sp³-hybridized carbons (Fsp3) is 0.333. The van der Waals surface area contributed by atoms with E-state index >= 15 is 0 Å². The molecule has 0 bridgehead atoms. The highest BCUT2D eigenvalue weighted by Crippen LogP contribution is 2.26. The maximum Gasteiger partial charge on any atom is 0.327 e. The second kappa shape index (κ2) is 9.54. The first-order valence-corrected chi connectivity index (χ1v) is 10.8. The molecular weight excluding hydrogens is 414 g/mol. The maximum atomic E-state index is 12.8. The summed E-state index contributed by atoms with van der Waals surface area (Å²) < 4.78 is 5.04. The Labute approximate surface area is 186 Å². The molecule has 6 nitrogen and oxygen atoms in total. The predicted molar refractivity (Wildman–Crippen MR) is 121 cm³/mol. The van der Waals surface area contributed by atoms with Gasteiger partial charge < -0.3 is 14.6 Å². The summed E-state index contributed by atoms with van der Waals surface area (Å²) in [6, 6.07) is 14.9. The Bertz CT molecular complexity index is 1060. The summed E-state index contributed by atoms with van der Waals surface area (Å²) in [5.74, 6) is -0.160. The van der Waals surface area contributed by atoms with Gasteiger partial charge in [-0.2, -0.15) is 0 Å². The highest BCUT2D eigenvalue weighted by Gasteiger charge is 2.32. The van der Waals surface area contributed by atoms with Crippen LogP contribution in [0, 0.1) is 0 Å². The number of aromatic amines is 1. The van der Waals surface area contributed by atoms with E-state index in [4.69, 9.17) is 16.3 Å². The summed E-state index contributed by atoms with van der Waals surface area (Å²) in [4.78, 5) is 32.5. The average Bonchev–Trinajstić information content (AvgIpc) is 3.22. The summed E-state index contributed by atoms with van der Waals surface area (Å²) in [6.45, 7) is 2.41. The van der Waals surface area contributed by atoms with E-state index in [1.807, 2.05) is 41.4 Å². The maximum absolute atomic E-state index is 12.8. The van der Waals surface area contributed by atoms with Gasteiger partial charge in [0.1, 0.15) is 6.04 Å². The predicted octanol–water partition coefficient (Wildman–Crippen LogP) is 3.81. The molecule has 0 radical (unpaired) electrons. The van der Waals surface area contributed by atoms with Crippen LogP contribution in [0.5, 0.6) is 0 Å². The number of amides is 1. The number of aryl methyl sites for hydroxylation is 1. The van der Waals surface area contributed by atoms with E-state index in [-0.39, 0.29) is 11.9 Å². The molecular formula is C24H26ClN3O3. The molecule has 4 rings (SSSR count). The number of hydrogen-bond donors (Lipinski definition) is 1. The van der Waals surface area contributed by atoms with Crippen molar-refractivity contribution in [2.45, 2.75) is 18.9 Å². The van der Waals surface area contributed by atoms with Crippen molar-refractivity contribution in [1.82, 2.24) is 14.8 Å². The van der Waals surface area contributed by atoms with Crippen LogP contribution in [0.2, 0.25) is 5.02 Å². The van der Waals surface area contributed by atoms with Gasteiger partial charge in [-0.05, 0) is 35.7 Å². The molecule has 2 heterocycles. The molecule has 0 saturated carbocycles. The number of halogens is 1. The van der Waals surface area contributed by atoms with Gasteiger partial charge in [-0.1, -0.05) is 41.9 Å². The number of para-hydroxylation sites is 1. The zero-order chi connectivity index (χ0) is 21.8. The Hall–Kier alpha value is -2.83. The van der Waals surface area contributed by atoms with Gasteiger partial charge >= 0.3 is 5.97 Å². The van der Waals surface area contributed by atoms with Crippen molar-refractivity contribution in [3.8, 4) is 0 Å². The van der Waals surface area contributed by atoms with Gasteiger partial charge in [0.15, 0.2) is 0 Å². The number of nitrogens with one attached hydrogen (secondary N) is 1. The Morgan fingerprint density at radius 1 is 1.06 bits per heavy atom. The fourth-order valence-electron chi connectivity index (χ4n) is 4.22. The molecule has 1 atom stereocenters. The number of aromatic nitrogens is 1. The molecule has 31 heavy (non-hydrogen) atoms. The van der Waals surface area contributed by atoms with Crippen LogP contribution in [0.25, 0.3) is 10.9 Å². The molecule has 2 aromatic carbocycles. The second-order valence-corrected chi connectivity index (χ2v) is 8.19. The Morgan fingerprint density at radius 3 is 2.48 bits per heavy atom. The third-order valence-corrected chi connectivity index (χ3v) is 6.18. The molecule has 1 N–H and O–H groups in total. The minimum atomic E-state index is -0.495. The van der Waals surface area contributed by atoms with Gasteiger partial charge in [0.05, 0.1) is 7.11 Å². The van der Waals surface area contributed by atoms with Crippen molar-refractivity contribution in [2.24, 2.45) is 0 Å². The average molecular weight is 440 g/mol. The topological polar surface area (TPSA) is 65.6 Å². The second-order valence-electron chi connectivity index (χ2n) is 7.75. The van der Waals surface area contributed by atoms with Gasteiger partial charge in [-0.25, -0.2) is 4.79 Å². The molecule has 0 unspecified atom stereocenters. The molecule has 1 aliphatic heterocycles. The Kier molecular flexibility index (Phi) is 6.59. The third kappa shape index (κ3) is 4.75. The lowest BCUT2D eigenvalue weighted by atomic mass is 10.0. The van der Waals surface area contributed by atoms with Crippen LogP contribution in [0.4, 0.5) is 0 Å². The van der Waals surface area contributed by atoms with Crippen LogP contribution in [0.3, 0.4) is 0 Å². The lowest BCUT2D eigenvalue weighted by molar-refractivity contribution is -0.148. The van der Waals surface area contributed by atoms with Crippen LogP contribution >= 0.6 is 11.6 Å². The van der Waals surface area contributed by atoms with Gasteiger partial charge in [-0.15, -0.1) is 0 Å². The minimum Gasteiger partial charge on any atom is -0.468 e. The van der Waals surface area contributed by atoms with E-state index in [0.29, 0.717) is 44.0 Å². The van der Waals surface area contributed by atoms with Crippen LogP contribution in [0.15, 0.2) is 54.7 Å². The molecule has 1 saturated heterocycles. The molecule has 1 amide bonds. The van der Waals surface area contributed by atoms with Gasteiger partial charge in [-0.3, -0.25) is 9.69 Å². The molecule has 3 aromatic rings. The number of benzene rings is 2. The zero-order valence-electron chi connectivity index (χ0n) is 17.5. The highest BCUT2D eigenvalue weighted by atomic mass is 35.5. The molecule has 0 aliphatic carbocycles. The number of hydrogen-bond acceptors (Lipinski definition) is 4. The van der Waals surface area contributed by atoms with Crippen molar-refractivity contribution in [3.63, 3.8) is 0 Å². The van der Waals surface area contributed by atoms with Gasteiger partial charge in [0, 0.05) is 54.7 Å². The van der Waals surface area contributed by atoms with Crippen LogP contribution in [-0.2, 0) is 20.7 Å². The number of methoxy groups -OCH3 is 1. The number of ether oxygens (including phenoxy) is 1. The van der Waals surface area contributed by atoms with E-state index in [1.165, 1.54) is 12.5 Å². The zero-order valence-corrected chi connectivity index (χ0v) is 18.3. The normalized spacial score (nSPS) is 15.7. The fourth-order valence-corrected chi connectivity index (χ4v) is 4.35. The Morgan fingerprint density at radius 2 is 1.77 bits per heavy atom. The molecule has 1 aromatic heterocycles. The number of rotatable bonds is 6. The largest absolute Gasteiger partial charge is 0.468 e. The number of nitrogens with zero attached hydrogens (tertiary/aromatic N) is 2. The van der Waals surface area contributed by atoms with Crippen molar-refractivity contribution >= 4 is 34.4 Å². The van der Waals surface area contributed by atoms with E-state index in [2.05, 4.69) is 16.0 Å². The lowest BCUT2D eigenvalue weighted by Crippen LogP contribution is -2.51. The molecule has 0 spiro atoms. The summed E-state index contributed by atoms with van der Waals surface area (Å²) in [5, 5.41) is 1.79. The third-order valence-electron chi connectivity index (χ3n) is 5.93. The summed E-state index contributed by atoms with van der Waals surface area (Å²) in [5.41, 5.74) is 3.10. The number of esters is 1. The molecule has 162 valence electrons.